The Balaban J connectivity index is 2.31. The van der Waals surface area contributed by atoms with E-state index in [1.54, 1.807) is 17.4 Å². The number of nitrogens with one attached hydrogen (secondary N) is 1. The highest BCUT2D eigenvalue weighted by Gasteiger charge is 2.05. The summed E-state index contributed by atoms with van der Waals surface area (Å²) in [6.45, 7) is 0.868. The van der Waals surface area contributed by atoms with Crippen molar-refractivity contribution >= 4 is 27.3 Å². The van der Waals surface area contributed by atoms with Crippen LogP contribution in [0.2, 0.25) is 0 Å². The zero-order valence-electron chi connectivity index (χ0n) is 8.76. The van der Waals surface area contributed by atoms with Gasteiger partial charge in [-0.15, -0.1) is 11.3 Å². The Kier molecular flexibility index (Phi) is 3.74. The van der Waals surface area contributed by atoms with Crippen LogP contribution in [-0.2, 0) is 6.54 Å². The number of benzene rings is 1. The highest BCUT2D eigenvalue weighted by atomic mass is 79.9. The van der Waals surface area contributed by atoms with Gasteiger partial charge in [0.15, 0.2) is 0 Å². The second-order valence-electron chi connectivity index (χ2n) is 3.43. The van der Waals surface area contributed by atoms with Gasteiger partial charge in [-0.1, -0.05) is 6.07 Å². The Bertz CT molecular complexity index is 496. The van der Waals surface area contributed by atoms with E-state index in [1.807, 2.05) is 13.1 Å². The van der Waals surface area contributed by atoms with E-state index in [0.717, 1.165) is 17.0 Å². The van der Waals surface area contributed by atoms with Gasteiger partial charge >= 0.3 is 0 Å². The quantitative estimate of drug-likeness (QED) is 0.902. The Labute approximate surface area is 106 Å². The lowest BCUT2D eigenvalue weighted by Crippen LogP contribution is -2.02. The predicted molar refractivity (Wildman–Crippen MR) is 70.2 cm³/mol. The summed E-state index contributed by atoms with van der Waals surface area (Å²) in [5.41, 5.74) is 1.04. The zero-order valence-corrected chi connectivity index (χ0v) is 11.2. The third-order valence-electron chi connectivity index (χ3n) is 2.22. The lowest BCUT2D eigenvalue weighted by molar-refractivity contribution is 0.621. The number of halogens is 2. The molecule has 1 aromatic carbocycles. The summed E-state index contributed by atoms with van der Waals surface area (Å²) in [7, 11) is 1.92. The van der Waals surface area contributed by atoms with Crippen LogP contribution in [0.5, 0.6) is 0 Å². The number of thiophene rings is 1. The van der Waals surface area contributed by atoms with Crippen LogP contribution in [0.3, 0.4) is 0 Å². The van der Waals surface area contributed by atoms with Gasteiger partial charge in [0.1, 0.15) is 5.82 Å². The number of hydrogen-bond donors (Lipinski definition) is 1. The molecule has 0 saturated heterocycles. The maximum atomic E-state index is 13.1. The van der Waals surface area contributed by atoms with E-state index in [4.69, 9.17) is 0 Å². The molecule has 0 bridgehead atoms. The Morgan fingerprint density at radius 2 is 2.12 bits per heavy atom. The van der Waals surface area contributed by atoms with Crippen molar-refractivity contribution in [2.24, 2.45) is 0 Å². The largest absolute Gasteiger partial charge is 0.315 e. The molecule has 2 rings (SSSR count). The summed E-state index contributed by atoms with van der Waals surface area (Å²) >= 11 is 4.92. The molecule has 0 amide bonds. The van der Waals surface area contributed by atoms with Crippen molar-refractivity contribution in [3.05, 3.63) is 45.5 Å². The third-order valence-corrected chi connectivity index (χ3v) is 3.96. The first-order valence-corrected chi connectivity index (χ1v) is 6.50. The van der Waals surface area contributed by atoms with E-state index in [0.29, 0.717) is 4.47 Å². The Morgan fingerprint density at radius 3 is 2.81 bits per heavy atom. The van der Waals surface area contributed by atoms with E-state index in [1.165, 1.54) is 10.9 Å². The minimum absolute atomic E-state index is 0.226. The highest BCUT2D eigenvalue weighted by molar-refractivity contribution is 9.10. The first kappa shape index (κ1) is 11.8. The first-order valence-electron chi connectivity index (χ1n) is 4.89. The fraction of sp³-hybridized carbons (Fsp3) is 0.167. The lowest BCUT2D eigenvalue weighted by atomic mass is 10.2. The van der Waals surface area contributed by atoms with Crippen LogP contribution in [0.4, 0.5) is 4.39 Å². The highest BCUT2D eigenvalue weighted by Crippen LogP contribution is 2.30. The van der Waals surface area contributed by atoms with Crippen LogP contribution in [0.15, 0.2) is 34.8 Å². The summed E-state index contributed by atoms with van der Waals surface area (Å²) in [5, 5.41) is 3.11. The van der Waals surface area contributed by atoms with Gasteiger partial charge in [-0.25, -0.2) is 4.39 Å². The smallest absolute Gasteiger partial charge is 0.137 e. The molecule has 0 saturated carbocycles. The average molecular weight is 300 g/mol. The van der Waals surface area contributed by atoms with Crippen molar-refractivity contribution in [2.45, 2.75) is 6.54 Å². The van der Waals surface area contributed by atoms with Gasteiger partial charge in [0.2, 0.25) is 0 Å². The number of hydrogen-bond acceptors (Lipinski definition) is 2. The molecular formula is C12H11BrFNS. The summed E-state index contributed by atoms with van der Waals surface area (Å²) in [6.07, 6.45) is 0. The molecule has 0 aliphatic rings. The fourth-order valence-corrected chi connectivity index (χ4v) is 2.85. The molecule has 1 heterocycles. The van der Waals surface area contributed by atoms with Crippen molar-refractivity contribution < 1.29 is 4.39 Å². The van der Waals surface area contributed by atoms with Crippen molar-refractivity contribution in [1.82, 2.24) is 5.32 Å². The van der Waals surface area contributed by atoms with Gasteiger partial charge in [0.05, 0.1) is 4.47 Å². The van der Waals surface area contributed by atoms with Gasteiger partial charge < -0.3 is 5.32 Å². The molecule has 1 N–H and O–H groups in total. The summed E-state index contributed by atoms with van der Waals surface area (Å²) in [5.74, 6) is -0.226. The Hall–Kier alpha value is -0.710. The summed E-state index contributed by atoms with van der Waals surface area (Å²) in [6, 6.07) is 9.25. The summed E-state index contributed by atoms with van der Waals surface area (Å²) < 4.78 is 13.6. The zero-order chi connectivity index (χ0) is 11.5. The third kappa shape index (κ3) is 2.51. The van der Waals surface area contributed by atoms with Gasteiger partial charge in [0, 0.05) is 16.3 Å². The van der Waals surface area contributed by atoms with E-state index >= 15 is 0 Å². The second-order valence-corrected chi connectivity index (χ2v) is 5.45. The Morgan fingerprint density at radius 1 is 1.31 bits per heavy atom. The molecule has 0 fully saturated rings. The predicted octanol–water partition coefficient (Wildman–Crippen LogP) is 4.04. The minimum atomic E-state index is -0.226. The molecule has 0 radical (unpaired) electrons. The second kappa shape index (κ2) is 5.08. The molecule has 84 valence electrons. The number of rotatable bonds is 3. The van der Waals surface area contributed by atoms with Crippen LogP contribution in [0.1, 0.15) is 4.88 Å². The van der Waals surface area contributed by atoms with Crippen LogP contribution in [0, 0.1) is 5.82 Å². The molecule has 0 unspecified atom stereocenters. The molecule has 0 aliphatic carbocycles. The fourth-order valence-electron chi connectivity index (χ4n) is 1.45. The molecule has 4 heteroatoms. The van der Waals surface area contributed by atoms with E-state index in [9.17, 15) is 4.39 Å². The molecule has 0 spiro atoms. The average Bonchev–Trinajstić information content (AvgIpc) is 2.71. The molecule has 1 nitrogen and oxygen atoms in total. The molecule has 1 aromatic heterocycles. The van der Waals surface area contributed by atoms with Crippen LogP contribution >= 0.6 is 27.3 Å². The van der Waals surface area contributed by atoms with Crippen molar-refractivity contribution in [3.8, 4) is 10.4 Å². The van der Waals surface area contributed by atoms with E-state index < -0.39 is 0 Å². The molecular weight excluding hydrogens is 289 g/mol. The lowest BCUT2D eigenvalue weighted by Gasteiger charge is -1.99. The topological polar surface area (TPSA) is 12.0 Å². The molecule has 0 atom stereocenters. The first-order chi connectivity index (χ1) is 7.70. The minimum Gasteiger partial charge on any atom is -0.315 e. The summed E-state index contributed by atoms with van der Waals surface area (Å²) in [4.78, 5) is 2.43. The van der Waals surface area contributed by atoms with Gasteiger partial charge in [-0.3, -0.25) is 0 Å². The van der Waals surface area contributed by atoms with Gasteiger partial charge in [-0.05, 0) is 52.8 Å². The molecule has 16 heavy (non-hydrogen) atoms. The van der Waals surface area contributed by atoms with Crippen molar-refractivity contribution in [2.75, 3.05) is 7.05 Å². The maximum Gasteiger partial charge on any atom is 0.137 e. The normalized spacial score (nSPS) is 10.7. The van der Waals surface area contributed by atoms with Crippen LogP contribution in [0.25, 0.3) is 10.4 Å². The van der Waals surface area contributed by atoms with Crippen molar-refractivity contribution in [1.29, 1.82) is 0 Å². The van der Waals surface area contributed by atoms with Crippen LogP contribution in [-0.4, -0.2) is 7.05 Å². The molecule has 2 aromatic rings. The van der Waals surface area contributed by atoms with E-state index in [-0.39, 0.29) is 5.82 Å². The SMILES string of the molecule is CNCc1ccc(-c2ccc(F)c(Br)c2)s1. The van der Waals surface area contributed by atoms with E-state index in [2.05, 4.69) is 33.4 Å². The maximum absolute atomic E-state index is 13.1. The van der Waals surface area contributed by atoms with Gasteiger partial charge in [0.25, 0.3) is 0 Å². The monoisotopic (exact) mass is 299 g/mol. The molecule has 0 aliphatic heterocycles. The van der Waals surface area contributed by atoms with Gasteiger partial charge in [-0.2, -0.15) is 0 Å². The van der Waals surface area contributed by atoms with Crippen molar-refractivity contribution in [3.63, 3.8) is 0 Å². The standard InChI is InChI=1S/C12H11BrFNS/c1-15-7-9-3-5-12(16-9)8-2-4-11(14)10(13)6-8/h2-6,15H,7H2,1H3. The van der Waals surface area contributed by atoms with Crippen LogP contribution < -0.4 is 5.32 Å².